The Labute approximate surface area is 217 Å². The summed E-state index contributed by atoms with van der Waals surface area (Å²) in [6.45, 7) is 15.8. The first-order valence-corrected chi connectivity index (χ1v) is 14.0. The van der Waals surface area contributed by atoms with Crippen molar-refractivity contribution in [3.8, 4) is 11.5 Å². The third-order valence-electron chi connectivity index (χ3n) is 7.21. The third kappa shape index (κ3) is 5.67. The highest BCUT2D eigenvalue weighted by Gasteiger charge is 2.41. The summed E-state index contributed by atoms with van der Waals surface area (Å²) in [6, 6.07) is 9.13. The van der Waals surface area contributed by atoms with Crippen molar-refractivity contribution in [2.24, 2.45) is 0 Å². The van der Waals surface area contributed by atoms with Gasteiger partial charge in [-0.05, 0) is 77.3 Å². The monoisotopic (exact) mass is 498 g/mol. The summed E-state index contributed by atoms with van der Waals surface area (Å²) in [5, 5.41) is 0. The van der Waals surface area contributed by atoms with Gasteiger partial charge in [0, 0.05) is 5.88 Å². The highest BCUT2D eigenvalue weighted by molar-refractivity contribution is 6.17. The smallest absolute Gasteiger partial charge is 0.233 e. The second-order valence-electron chi connectivity index (χ2n) is 12.2. The number of rotatable bonds is 8. The Morgan fingerprint density at radius 3 is 1.54 bits per heavy atom. The number of hydrogen-bond acceptors (Lipinski definition) is 3. The van der Waals surface area contributed by atoms with Crippen molar-refractivity contribution in [1.29, 1.82) is 0 Å². The number of fused-ring (bicyclic) bond motifs is 6. The van der Waals surface area contributed by atoms with Crippen molar-refractivity contribution in [2.75, 3.05) is 5.88 Å². The predicted molar refractivity (Wildman–Crippen MR) is 145 cm³/mol. The Balaban J connectivity index is 1.78. The Hall–Kier alpha value is -1.71. The fourth-order valence-electron chi connectivity index (χ4n) is 4.93. The highest BCUT2D eigenvalue weighted by atomic mass is 35.5. The maximum Gasteiger partial charge on any atom is 0.233 e. The van der Waals surface area contributed by atoms with E-state index in [1.807, 2.05) is 0 Å². The van der Waals surface area contributed by atoms with Gasteiger partial charge in [0.05, 0.1) is 11.1 Å². The van der Waals surface area contributed by atoms with Gasteiger partial charge in [-0.25, -0.2) is 0 Å². The Morgan fingerprint density at radius 2 is 1.14 bits per heavy atom. The van der Waals surface area contributed by atoms with E-state index in [0.29, 0.717) is 5.88 Å². The van der Waals surface area contributed by atoms with Crippen LogP contribution in [0.15, 0.2) is 24.3 Å². The van der Waals surface area contributed by atoms with Crippen LogP contribution in [0.25, 0.3) is 0 Å². The molecule has 2 aliphatic heterocycles. The minimum atomic E-state index is -0.448. The molecular formula is C31H43ClO3. The van der Waals surface area contributed by atoms with Crippen LogP contribution in [0.3, 0.4) is 0 Å². The minimum absolute atomic E-state index is 0.0204. The van der Waals surface area contributed by atoms with E-state index in [1.165, 1.54) is 35.1 Å². The molecule has 4 rings (SSSR count). The maximum atomic E-state index is 6.68. The quantitative estimate of drug-likeness (QED) is 0.268. The fraction of sp³-hybridized carbons (Fsp3) is 0.613. The van der Waals surface area contributed by atoms with E-state index in [2.05, 4.69) is 72.7 Å². The average Bonchev–Trinajstić information content (AvgIpc) is 2.78. The number of ether oxygens (including phenoxy) is 3. The van der Waals surface area contributed by atoms with Crippen molar-refractivity contribution in [3.05, 3.63) is 57.6 Å². The molecule has 2 aliphatic rings. The van der Waals surface area contributed by atoms with Crippen LogP contribution < -0.4 is 9.47 Å². The van der Waals surface area contributed by atoms with E-state index in [-0.39, 0.29) is 10.8 Å². The molecule has 0 radical (unpaired) electrons. The van der Waals surface area contributed by atoms with E-state index in [0.717, 1.165) is 54.7 Å². The first kappa shape index (κ1) is 26.4. The zero-order chi connectivity index (χ0) is 25.4. The fourth-order valence-corrected chi connectivity index (χ4v) is 5.12. The highest BCUT2D eigenvalue weighted by Crippen LogP contribution is 2.52. The zero-order valence-electron chi connectivity index (χ0n) is 22.7. The van der Waals surface area contributed by atoms with Crippen LogP contribution in [0.1, 0.15) is 127 Å². The number of benzene rings is 2. The molecule has 0 fully saturated rings. The van der Waals surface area contributed by atoms with E-state index >= 15 is 0 Å². The topological polar surface area (TPSA) is 27.7 Å². The normalized spacial score (nSPS) is 19.0. The zero-order valence-corrected chi connectivity index (χ0v) is 23.5. The molecule has 0 saturated heterocycles. The van der Waals surface area contributed by atoms with Crippen LogP contribution in [-0.2, 0) is 28.4 Å². The van der Waals surface area contributed by atoms with Gasteiger partial charge in [0.1, 0.15) is 11.5 Å². The summed E-state index contributed by atoms with van der Waals surface area (Å²) in [7, 11) is 0. The van der Waals surface area contributed by atoms with Gasteiger partial charge in [-0.1, -0.05) is 73.4 Å². The van der Waals surface area contributed by atoms with Gasteiger partial charge in [-0.2, -0.15) is 0 Å². The Bertz CT molecular complexity index is 961. The second kappa shape index (κ2) is 10.3. The van der Waals surface area contributed by atoms with Crippen LogP contribution in [0.4, 0.5) is 0 Å². The van der Waals surface area contributed by atoms with Crippen LogP contribution in [0.5, 0.6) is 11.5 Å². The molecule has 2 bridgehead atoms. The standard InChI is InChI=1S/C31H43ClO3/c1-8-9-10-13-20-16-22(30(2,3)4)18-24-26(20)33-29-25-19-23(31(5,6)7)17-21(14-11-12-15-32)27(25)34-28(24)35-29/h16-19,28-29H,8-15H2,1-7H3. The molecular weight excluding hydrogens is 456 g/mol. The molecule has 2 unspecified atom stereocenters. The molecule has 2 heterocycles. The largest absolute Gasteiger partial charge is 0.459 e. The predicted octanol–water partition coefficient (Wildman–Crippen LogP) is 9.07. The van der Waals surface area contributed by atoms with E-state index in [9.17, 15) is 0 Å². The molecule has 2 aromatic carbocycles. The van der Waals surface area contributed by atoms with Crippen molar-refractivity contribution in [1.82, 2.24) is 0 Å². The van der Waals surface area contributed by atoms with Crippen molar-refractivity contribution in [2.45, 2.75) is 117 Å². The van der Waals surface area contributed by atoms with Gasteiger partial charge in [-0.3, -0.25) is 4.74 Å². The number of unbranched alkanes of at least 4 members (excludes halogenated alkanes) is 3. The molecule has 35 heavy (non-hydrogen) atoms. The Kier molecular flexibility index (Phi) is 7.79. The van der Waals surface area contributed by atoms with E-state index in [1.54, 1.807) is 0 Å². The van der Waals surface area contributed by atoms with Crippen molar-refractivity contribution < 1.29 is 14.2 Å². The molecule has 0 N–H and O–H groups in total. The van der Waals surface area contributed by atoms with Crippen LogP contribution >= 0.6 is 11.6 Å². The minimum Gasteiger partial charge on any atom is -0.459 e. The average molecular weight is 499 g/mol. The molecule has 3 nitrogen and oxygen atoms in total. The van der Waals surface area contributed by atoms with Gasteiger partial charge >= 0.3 is 0 Å². The summed E-state index contributed by atoms with van der Waals surface area (Å²) in [5.74, 6) is 2.59. The van der Waals surface area contributed by atoms with Crippen molar-refractivity contribution in [3.63, 3.8) is 0 Å². The summed E-state index contributed by atoms with van der Waals surface area (Å²) in [4.78, 5) is 0. The van der Waals surface area contributed by atoms with Crippen LogP contribution in [0, 0.1) is 0 Å². The second-order valence-corrected chi connectivity index (χ2v) is 12.6. The van der Waals surface area contributed by atoms with Gasteiger partial charge in [0.15, 0.2) is 0 Å². The van der Waals surface area contributed by atoms with Gasteiger partial charge in [0.2, 0.25) is 12.6 Å². The van der Waals surface area contributed by atoms with Gasteiger partial charge in [0.25, 0.3) is 0 Å². The van der Waals surface area contributed by atoms with Gasteiger partial charge < -0.3 is 9.47 Å². The van der Waals surface area contributed by atoms with E-state index in [4.69, 9.17) is 25.8 Å². The molecule has 0 saturated carbocycles. The first-order chi connectivity index (χ1) is 16.5. The third-order valence-corrected chi connectivity index (χ3v) is 7.47. The number of hydrogen-bond donors (Lipinski definition) is 0. The maximum absolute atomic E-state index is 6.68. The number of aryl methyl sites for hydroxylation is 2. The lowest BCUT2D eigenvalue weighted by Gasteiger charge is -2.41. The molecule has 0 spiro atoms. The molecule has 4 heteroatoms. The van der Waals surface area contributed by atoms with Crippen LogP contribution in [0.2, 0.25) is 0 Å². The SMILES string of the molecule is CCCCCc1cc(C(C)(C)C)cc2c1OC1OC2Oc2c(CCCCCl)cc(C(C)(C)C)cc21. The molecule has 0 aromatic heterocycles. The molecule has 0 aliphatic carbocycles. The lowest BCUT2D eigenvalue weighted by molar-refractivity contribution is -0.228. The summed E-state index contributed by atoms with van der Waals surface area (Å²) >= 11 is 5.99. The van der Waals surface area contributed by atoms with Crippen LogP contribution in [-0.4, -0.2) is 5.88 Å². The van der Waals surface area contributed by atoms with E-state index < -0.39 is 12.6 Å². The molecule has 2 atom stereocenters. The molecule has 0 amide bonds. The molecule has 2 aromatic rings. The van der Waals surface area contributed by atoms with Crippen molar-refractivity contribution >= 4 is 11.6 Å². The molecule has 192 valence electrons. The Morgan fingerprint density at radius 1 is 0.686 bits per heavy atom. The summed E-state index contributed by atoms with van der Waals surface area (Å²) < 4.78 is 19.8. The number of alkyl halides is 1. The number of halogens is 1. The van der Waals surface area contributed by atoms with Gasteiger partial charge in [-0.15, -0.1) is 11.6 Å². The lowest BCUT2D eigenvalue weighted by atomic mass is 9.82. The summed E-state index contributed by atoms with van der Waals surface area (Å²) in [5.41, 5.74) is 7.19. The lowest BCUT2D eigenvalue weighted by Crippen LogP contribution is -2.32. The summed E-state index contributed by atoms with van der Waals surface area (Å²) in [6.07, 6.45) is 6.67. The first-order valence-electron chi connectivity index (χ1n) is 13.4.